The van der Waals surface area contributed by atoms with Gasteiger partial charge in [-0.15, -0.1) is 0 Å². The summed E-state index contributed by atoms with van der Waals surface area (Å²) in [6.07, 6.45) is 6.02. The summed E-state index contributed by atoms with van der Waals surface area (Å²) in [6, 6.07) is 12.8. The first kappa shape index (κ1) is 18.6. The third-order valence-electron chi connectivity index (χ3n) is 5.93. The lowest BCUT2D eigenvalue weighted by Crippen LogP contribution is -2.18. The van der Waals surface area contributed by atoms with Crippen molar-refractivity contribution in [2.75, 3.05) is 13.1 Å². The fourth-order valence-corrected chi connectivity index (χ4v) is 4.40. The number of rotatable bonds is 5. The van der Waals surface area contributed by atoms with Gasteiger partial charge >= 0.3 is 0 Å². The highest BCUT2D eigenvalue weighted by Crippen LogP contribution is 2.33. The van der Waals surface area contributed by atoms with Crippen LogP contribution in [0.3, 0.4) is 0 Å². The van der Waals surface area contributed by atoms with E-state index in [9.17, 15) is 15.2 Å². The average molecular weight is 402 g/mol. The maximum absolute atomic E-state index is 11.2. The second-order valence-electron chi connectivity index (χ2n) is 7.87. The predicted molar refractivity (Wildman–Crippen MR) is 116 cm³/mol. The average Bonchev–Trinajstić information content (AvgIpc) is 3.41. The van der Waals surface area contributed by atoms with Crippen molar-refractivity contribution < 1.29 is 10.0 Å². The summed E-state index contributed by atoms with van der Waals surface area (Å²) >= 11 is 0. The Kier molecular flexibility index (Phi) is 4.59. The molecule has 0 spiro atoms. The van der Waals surface area contributed by atoms with E-state index in [1.165, 1.54) is 18.9 Å². The lowest BCUT2D eigenvalue weighted by atomic mass is 10.0. The molecular weight excluding hydrogens is 380 g/mol. The number of non-ortho nitro benzene ring substituents is 1. The van der Waals surface area contributed by atoms with Crippen molar-refractivity contribution in [1.82, 2.24) is 14.5 Å². The molecule has 0 unspecified atom stereocenters. The second kappa shape index (κ2) is 7.42. The van der Waals surface area contributed by atoms with Crippen LogP contribution in [0.4, 0.5) is 5.69 Å². The highest BCUT2D eigenvalue weighted by molar-refractivity contribution is 5.89. The molecule has 3 heterocycles. The van der Waals surface area contributed by atoms with E-state index in [1.807, 2.05) is 29.0 Å². The molecule has 0 radical (unpaired) electrons. The van der Waals surface area contributed by atoms with Gasteiger partial charge < -0.3 is 9.67 Å². The number of benzene rings is 2. The molecule has 30 heavy (non-hydrogen) atoms. The van der Waals surface area contributed by atoms with Crippen molar-refractivity contribution in [2.45, 2.75) is 25.9 Å². The Morgan fingerprint density at radius 2 is 1.90 bits per heavy atom. The van der Waals surface area contributed by atoms with Crippen LogP contribution in [0.1, 0.15) is 24.0 Å². The summed E-state index contributed by atoms with van der Waals surface area (Å²) in [5, 5.41) is 23.9. The number of pyridine rings is 1. The van der Waals surface area contributed by atoms with Crippen molar-refractivity contribution in [3.8, 4) is 5.75 Å². The largest absolute Gasteiger partial charge is 0.505 e. The molecular formula is C23H22N4O3. The summed E-state index contributed by atoms with van der Waals surface area (Å²) in [7, 11) is 0. The van der Waals surface area contributed by atoms with Crippen LogP contribution >= 0.6 is 0 Å². The van der Waals surface area contributed by atoms with Crippen LogP contribution in [0, 0.1) is 10.1 Å². The first-order valence-corrected chi connectivity index (χ1v) is 10.1. The first-order valence-electron chi connectivity index (χ1n) is 10.1. The van der Waals surface area contributed by atoms with E-state index in [0.717, 1.165) is 40.5 Å². The molecule has 4 aromatic rings. The molecule has 1 saturated heterocycles. The van der Waals surface area contributed by atoms with Gasteiger partial charge in [0.15, 0.2) is 0 Å². The molecule has 1 N–H and O–H groups in total. The summed E-state index contributed by atoms with van der Waals surface area (Å²) in [5.74, 6) is 0.245. The van der Waals surface area contributed by atoms with Crippen LogP contribution in [0.15, 0.2) is 54.9 Å². The Bertz CT molecular complexity index is 1260. The van der Waals surface area contributed by atoms with Crippen LogP contribution < -0.4 is 0 Å². The quantitative estimate of drug-likeness (QED) is 0.394. The SMILES string of the molecule is O=[N+]([O-])c1ccc2ccn(Cc3cc(CN4CCCC4)c(O)c4ncccc34)c2c1. The van der Waals surface area contributed by atoms with E-state index < -0.39 is 0 Å². The van der Waals surface area contributed by atoms with Gasteiger partial charge in [0, 0.05) is 54.0 Å². The van der Waals surface area contributed by atoms with E-state index in [0.29, 0.717) is 18.6 Å². The molecule has 0 bridgehead atoms. The van der Waals surface area contributed by atoms with Gasteiger partial charge in [-0.25, -0.2) is 0 Å². The number of phenolic OH excluding ortho intramolecular Hbond substituents is 1. The number of likely N-dealkylation sites (tertiary alicyclic amines) is 1. The van der Waals surface area contributed by atoms with Crippen LogP contribution in [0.25, 0.3) is 21.8 Å². The van der Waals surface area contributed by atoms with Gasteiger partial charge in [0.1, 0.15) is 11.3 Å². The fourth-order valence-electron chi connectivity index (χ4n) is 4.40. The molecule has 0 aliphatic carbocycles. The zero-order valence-corrected chi connectivity index (χ0v) is 16.5. The Morgan fingerprint density at radius 1 is 1.07 bits per heavy atom. The van der Waals surface area contributed by atoms with Crippen molar-refractivity contribution in [3.05, 3.63) is 76.1 Å². The Balaban J connectivity index is 1.60. The number of nitro benzene ring substituents is 1. The minimum Gasteiger partial charge on any atom is -0.505 e. The molecule has 152 valence electrons. The maximum atomic E-state index is 11.2. The van der Waals surface area contributed by atoms with Crippen molar-refractivity contribution in [3.63, 3.8) is 0 Å². The van der Waals surface area contributed by atoms with E-state index in [2.05, 4.69) is 16.0 Å². The minimum atomic E-state index is -0.370. The van der Waals surface area contributed by atoms with Crippen molar-refractivity contribution in [1.29, 1.82) is 0 Å². The first-order chi connectivity index (χ1) is 14.6. The van der Waals surface area contributed by atoms with Crippen molar-refractivity contribution >= 4 is 27.5 Å². The molecule has 7 nitrogen and oxygen atoms in total. The number of phenols is 1. The van der Waals surface area contributed by atoms with Crippen LogP contribution in [-0.4, -0.2) is 37.6 Å². The number of nitrogens with zero attached hydrogens (tertiary/aromatic N) is 4. The van der Waals surface area contributed by atoms with E-state index in [-0.39, 0.29) is 16.4 Å². The lowest BCUT2D eigenvalue weighted by molar-refractivity contribution is -0.384. The van der Waals surface area contributed by atoms with Gasteiger partial charge in [-0.1, -0.05) is 6.07 Å². The number of aromatic nitrogens is 2. The molecule has 0 atom stereocenters. The molecule has 0 saturated carbocycles. The highest BCUT2D eigenvalue weighted by atomic mass is 16.6. The second-order valence-corrected chi connectivity index (χ2v) is 7.87. The van der Waals surface area contributed by atoms with Gasteiger partial charge in [0.2, 0.25) is 0 Å². The third kappa shape index (κ3) is 3.27. The fraction of sp³-hybridized carbons (Fsp3) is 0.261. The summed E-state index contributed by atoms with van der Waals surface area (Å²) in [5.41, 5.74) is 3.41. The van der Waals surface area contributed by atoms with E-state index >= 15 is 0 Å². The summed E-state index contributed by atoms with van der Waals surface area (Å²) in [6.45, 7) is 3.32. The monoisotopic (exact) mass is 402 g/mol. The van der Waals surface area contributed by atoms with Gasteiger partial charge in [0.25, 0.3) is 5.69 Å². The zero-order valence-electron chi connectivity index (χ0n) is 16.5. The normalized spacial score (nSPS) is 14.7. The number of hydrogen-bond donors (Lipinski definition) is 1. The number of hydrogen-bond acceptors (Lipinski definition) is 5. The third-order valence-corrected chi connectivity index (χ3v) is 5.93. The molecule has 0 amide bonds. The summed E-state index contributed by atoms with van der Waals surface area (Å²) < 4.78 is 2.01. The number of aromatic hydroxyl groups is 1. The standard InChI is InChI=1S/C23H22N4O3/c28-23-18(14-25-9-1-2-10-25)12-17(20-4-3-8-24-22(20)23)15-26-11-7-16-5-6-19(27(29)30)13-21(16)26/h3-8,11-13,28H,1-2,9-10,14-15H2. The van der Waals surface area contributed by atoms with Crippen LogP contribution in [-0.2, 0) is 13.1 Å². The van der Waals surface area contributed by atoms with Gasteiger partial charge in [-0.05, 0) is 55.8 Å². The molecule has 2 aromatic carbocycles. The Hall–Kier alpha value is -3.45. The number of fused-ring (bicyclic) bond motifs is 2. The van der Waals surface area contributed by atoms with Crippen LogP contribution in [0.5, 0.6) is 5.75 Å². The molecule has 2 aromatic heterocycles. The molecule has 1 fully saturated rings. The van der Waals surface area contributed by atoms with Crippen LogP contribution in [0.2, 0.25) is 0 Å². The summed E-state index contributed by atoms with van der Waals surface area (Å²) in [4.78, 5) is 17.6. The molecule has 1 aliphatic heterocycles. The maximum Gasteiger partial charge on any atom is 0.271 e. The minimum absolute atomic E-state index is 0.0782. The van der Waals surface area contributed by atoms with E-state index in [1.54, 1.807) is 18.3 Å². The van der Waals surface area contributed by atoms with Gasteiger partial charge in [0.05, 0.1) is 10.4 Å². The molecule has 7 heteroatoms. The van der Waals surface area contributed by atoms with Gasteiger partial charge in [-0.2, -0.15) is 0 Å². The van der Waals surface area contributed by atoms with Gasteiger partial charge in [-0.3, -0.25) is 20.0 Å². The molecule has 5 rings (SSSR count). The molecule has 1 aliphatic rings. The smallest absolute Gasteiger partial charge is 0.271 e. The Labute approximate surface area is 173 Å². The number of nitro groups is 1. The topological polar surface area (TPSA) is 84.4 Å². The zero-order chi connectivity index (χ0) is 20.7. The Morgan fingerprint density at radius 3 is 2.70 bits per heavy atom. The highest BCUT2D eigenvalue weighted by Gasteiger charge is 2.18. The lowest BCUT2D eigenvalue weighted by Gasteiger charge is -2.18. The van der Waals surface area contributed by atoms with E-state index in [4.69, 9.17) is 0 Å². The predicted octanol–water partition coefficient (Wildman–Crippen LogP) is 4.45. The van der Waals surface area contributed by atoms with Crippen molar-refractivity contribution in [2.24, 2.45) is 0 Å².